The van der Waals surface area contributed by atoms with Crippen LogP contribution >= 0.6 is 0 Å². The fraction of sp³-hybridized carbons (Fsp3) is 0.559. The van der Waals surface area contributed by atoms with Crippen LogP contribution in [0.3, 0.4) is 0 Å². The molecular formula is C34H56N6O3Si2. The Balaban J connectivity index is 2.40. The molecule has 0 bridgehead atoms. The number of nitrogens with zero attached hydrogens (tertiary/aromatic N) is 5. The summed E-state index contributed by atoms with van der Waals surface area (Å²) in [6, 6.07) is 13.3. The average molecular weight is 653 g/mol. The van der Waals surface area contributed by atoms with Gasteiger partial charge in [-0.1, -0.05) is 70.5 Å². The van der Waals surface area contributed by atoms with Crippen LogP contribution in [0.5, 0.6) is 0 Å². The SMILES string of the molecule is C/C=C\CN(COCC[Si](C)(C)C)C(=O)N(COCC[Si](C)(C)C)C(C)(/C=C(\N)c1ccnn1Cc1ccc(C#N)cc1)CC. The summed E-state index contributed by atoms with van der Waals surface area (Å²) in [7, 11) is -2.58. The van der Waals surface area contributed by atoms with E-state index in [9.17, 15) is 4.79 Å². The van der Waals surface area contributed by atoms with Crippen LogP contribution in [0.25, 0.3) is 5.70 Å². The van der Waals surface area contributed by atoms with Gasteiger partial charge in [-0.25, -0.2) is 4.79 Å². The molecule has 0 saturated carbocycles. The zero-order chi connectivity index (χ0) is 33.7. The van der Waals surface area contributed by atoms with Gasteiger partial charge < -0.3 is 15.2 Å². The number of hydrogen-bond acceptors (Lipinski definition) is 6. The monoisotopic (exact) mass is 652 g/mol. The first-order valence-corrected chi connectivity index (χ1v) is 23.4. The van der Waals surface area contributed by atoms with Crippen molar-refractivity contribution in [2.24, 2.45) is 5.73 Å². The van der Waals surface area contributed by atoms with E-state index in [0.717, 1.165) is 23.3 Å². The summed E-state index contributed by atoms with van der Waals surface area (Å²) in [5.74, 6) is 0. The normalized spacial score (nSPS) is 13.9. The Morgan fingerprint density at radius 2 is 1.64 bits per heavy atom. The molecule has 1 aromatic carbocycles. The molecule has 2 aromatic rings. The first-order chi connectivity index (χ1) is 21.1. The number of allylic oxidation sites excluding steroid dienone is 1. The van der Waals surface area contributed by atoms with Gasteiger partial charge in [0.15, 0.2) is 0 Å². The second-order valence-electron chi connectivity index (χ2n) is 14.2. The Labute approximate surface area is 273 Å². The number of rotatable bonds is 18. The molecule has 11 heteroatoms. The number of nitriles is 1. The fourth-order valence-corrected chi connectivity index (χ4v) is 5.95. The highest BCUT2D eigenvalue weighted by atomic mass is 28.3. The van der Waals surface area contributed by atoms with Gasteiger partial charge in [0.05, 0.1) is 35.1 Å². The second kappa shape index (κ2) is 17.5. The van der Waals surface area contributed by atoms with E-state index in [4.69, 9.17) is 20.5 Å². The van der Waals surface area contributed by atoms with E-state index in [2.05, 4.69) is 57.4 Å². The Kier molecular flexibility index (Phi) is 14.8. The lowest BCUT2D eigenvalue weighted by Gasteiger charge is -2.41. The molecule has 1 aromatic heterocycles. The quantitative estimate of drug-likeness (QED) is 0.0790. The maximum atomic E-state index is 14.3. The van der Waals surface area contributed by atoms with Crippen LogP contribution in [-0.4, -0.2) is 80.5 Å². The largest absolute Gasteiger partial charge is 0.397 e. The van der Waals surface area contributed by atoms with Crippen molar-refractivity contribution >= 4 is 27.9 Å². The van der Waals surface area contributed by atoms with E-state index in [1.165, 1.54) is 0 Å². The van der Waals surface area contributed by atoms with Gasteiger partial charge in [0.25, 0.3) is 0 Å². The zero-order valence-electron chi connectivity index (χ0n) is 29.1. The number of benzene rings is 1. The van der Waals surface area contributed by atoms with Crippen LogP contribution in [0.15, 0.2) is 54.8 Å². The predicted molar refractivity (Wildman–Crippen MR) is 190 cm³/mol. The number of carbonyl (C=O) groups is 1. The first kappa shape index (κ1) is 38.0. The Morgan fingerprint density at radius 1 is 1.04 bits per heavy atom. The molecule has 0 spiro atoms. The Bertz CT molecular complexity index is 1300. The third-order valence-corrected chi connectivity index (χ3v) is 11.2. The van der Waals surface area contributed by atoms with E-state index >= 15 is 0 Å². The highest BCUT2D eigenvalue weighted by molar-refractivity contribution is 6.76. The smallest absolute Gasteiger partial charge is 0.324 e. The zero-order valence-corrected chi connectivity index (χ0v) is 31.1. The summed E-state index contributed by atoms with van der Waals surface area (Å²) in [6.45, 7) is 22.4. The maximum Gasteiger partial charge on any atom is 0.324 e. The molecule has 2 amide bonds. The van der Waals surface area contributed by atoms with Crippen molar-refractivity contribution in [3.05, 3.63) is 71.6 Å². The van der Waals surface area contributed by atoms with E-state index in [1.54, 1.807) is 28.1 Å². The summed E-state index contributed by atoms with van der Waals surface area (Å²) in [4.78, 5) is 17.9. The molecule has 0 radical (unpaired) electrons. The van der Waals surface area contributed by atoms with Gasteiger partial charge in [-0.3, -0.25) is 14.5 Å². The van der Waals surface area contributed by atoms with Gasteiger partial charge in [-0.15, -0.1) is 0 Å². The molecule has 1 atom stereocenters. The second-order valence-corrected chi connectivity index (χ2v) is 25.4. The molecule has 0 aliphatic heterocycles. The van der Waals surface area contributed by atoms with E-state index in [0.29, 0.717) is 44.0 Å². The van der Waals surface area contributed by atoms with Gasteiger partial charge in [0, 0.05) is 42.1 Å². The highest BCUT2D eigenvalue weighted by Crippen LogP contribution is 2.27. The number of amides is 2. The van der Waals surface area contributed by atoms with Crippen LogP contribution in [0.4, 0.5) is 4.79 Å². The lowest BCUT2D eigenvalue weighted by molar-refractivity contribution is -0.0112. The molecule has 248 valence electrons. The number of aromatic nitrogens is 2. The average Bonchev–Trinajstić information content (AvgIpc) is 3.44. The number of urea groups is 1. The Hall–Kier alpha value is -3.18. The minimum Gasteiger partial charge on any atom is -0.397 e. The molecule has 9 nitrogen and oxygen atoms in total. The lowest BCUT2D eigenvalue weighted by atomic mass is 9.94. The van der Waals surface area contributed by atoms with Crippen molar-refractivity contribution in [2.75, 3.05) is 33.2 Å². The van der Waals surface area contributed by atoms with Crippen LogP contribution in [0, 0.1) is 11.3 Å². The fourth-order valence-electron chi connectivity index (χ4n) is 4.44. The van der Waals surface area contributed by atoms with Crippen molar-refractivity contribution in [2.45, 2.75) is 90.6 Å². The minimum atomic E-state index is -1.32. The number of carbonyl (C=O) groups excluding carboxylic acids is 1. The van der Waals surface area contributed by atoms with Gasteiger partial charge >= 0.3 is 6.03 Å². The molecule has 45 heavy (non-hydrogen) atoms. The molecule has 0 fully saturated rings. The van der Waals surface area contributed by atoms with Gasteiger partial charge in [-0.2, -0.15) is 10.4 Å². The molecule has 0 aliphatic carbocycles. The summed E-state index contributed by atoms with van der Waals surface area (Å²) < 4.78 is 14.1. The van der Waals surface area contributed by atoms with Crippen molar-refractivity contribution in [1.82, 2.24) is 19.6 Å². The third-order valence-electron chi connectivity index (χ3n) is 7.75. The molecule has 0 saturated heterocycles. The maximum absolute atomic E-state index is 14.3. The number of ether oxygens (including phenoxy) is 2. The lowest BCUT2D eigenvalue weighted by Crippen LogP contribution is -2.55. The van der Waals surface area contributed by atoms with Crippen LogP contribution in [-0.2, 0) is 16.0 Å². The minimum absolute atomic E-state index is 0.142. The molecule has 1 heterocycles. The van der Waals surface area contributed by atoms with E-state index < -0.39 is 21.7 Å². The highest BCUT2D eigenvalue weighted by Gasteiger charge is 2.36. The van der Waals surface area contributed by atoms with Gasteiger partial charge in [0.1, 0.15) is 13.5 Å². The topological polar surface area (TPSA) is 110 Å². The number of nitrogens with two attached hydrogens (primary N) is 1. The van der Waals surface area contributed by atoms with Gasteiger partial charge in [-0.05, 0) is 62.2 Å². The van der Waals surface area contributed by atoms with Crippen LogP contribution < -0.4 is 5.73 Å². The molecule has 2 N–H and O–H groups in total. The summed E-state index contributed by atoms with van der Waals surface area (Å²) in [5, 5.41) is 13.7. The molecule has 0 aliphatic rings. The van der Waals surface area contributed by atoms with Gasteiger partial charge in [0.2, 0.25) is 0 Å². The Morgan fingerprint density at radius 3 is 2.18 bits per heavy atom. The molecule has 1 unspecified atom stereocenters. The van der Waals surface area contributed by atoms with Crippen molar-refractivity contribution in [1.29, 1.82) is 5.26 Å². The van der Waals surface area contributed by atoms with Crippen LogP contribution in [0.2, 0.25) is 51.4 Å². The van der Waals surface area contributed by atoms with Crippen molar-refractivity contribution < 1.29 is 14.3 Å². The summed E-state index contributed by atoms with van der Waals surface area (Å²) in [5.41, 5.74) is 8.93. The van der Waals surface area contributed by atoms with Crippen molar-refractivity contribution in [3.63, 3.8) is 0 Å². The summed E-state index contributed by atoms with van der Waals surface area (Å²) >= 11 is 0. The standard InChI is InChI=1S/C34H56N6O3Si2/c1-10-12-19-38(27-42-20-22-44(4,5)6)33(41)39(28-43-21-23-45(7,8)9)34(3,11-2)24-31(36)32-17-18-37-40(32)26-30-15-13-29(25-35)14-16-30/h10,12-18,24H,11,19-23,26-28,36H2,1-9H3/b12-10-,31-24-. The number of hydrogen-bond donors (Lipinski definition) is 1. The first-order valence-electron chi connectivity index (χ1n) is 15.9. The predicted octanol–water partition coefficient (Wildman–Crippen LogP) is 7.20. The summed E-state index contributed by atoms with van der Waals surface area (Å²) in [6.07, 6.45) is 8.22. The molecule has 2 rings (SSSR count). The van der Waals surface area contributed by atoms with Crippen LogP contribution in [0.1, 0.15) is 44.0 Å². The third kappa shape index (κ3) is 13.0. The molecular weight excluding hydrogens is 597 g/mol. The van der Waals surface area contributed by atoms with E-state index in [1.807, 2.05) is 55.0 Å². The van der Waals surface area contributed by atoms with E-state index in [-0.39, 0.29) is 19.5 Å². The van der Waals surface area contributed by atoms with Crippen molar-refractivity contribution in [3.8, 4) is 6.07 Å².